The SMILES string of the molecule is Clc1c(Br)ccc(-n2cncc2C2CCNCC2)c1Cl. The molecule has 0 bridgehead atoms. The van der Waals surface area contributed by atoms with E-state index in [2.05, 4.69) is 30.8 Å². The van der Waals surface area contributed by atoms with Crippen molar-refractivity contribution in [2.45, 2.75) is 18.8 Å². The smallest absolute Gasteiger partial charge is 0.0994 e. The average Bonchev–Trinajstić information content (AvgIpc) is 2.95. The fourth-order valence-corrected chi connectivity index (χ4v) is 3.49. The summed E-state index contributed by atoms with van der Waals surface area (Å²) in [6.07, 6.45) is 5.98. The maximum atomic E-state index is 6.38. The molecule has 0 saturated carbocycles. The molecule has 0 radical (unpaired) electrons. The van der Waals surface area contributed by atoms with Gasteiger partial charge in [0.15, 0.2) is 0 Å². The van der Waals surface area contributed by atoms with Gasteiger partial charge in [0.1, 0.15) is 0 Å². The van der Waals surface area contributed by atoms with Crippen LogP contribution in [0.25, 0.3) is 5.69 Å². The van der Waals surface area contributed by atoms with Crippen LogP contribution in [0.2, 0.25) is 10.0 Å². The molecular formula is C14H14BrCl2N3. The van der Waals surface area contributed by atoms with Crippen molar-refractivity contribution in [3.63, 3.8) is 0 Å². The number of piperidine rings is 1. The van der Waals surface area contributed by atoms with E-state index in [-0.39, 0.29) is 0 Å². The minimum Gasteiger partial charge on any atom is -0.317 e. The molecule has 0 amide bonds. The Labute approximate surface area is 136 Å². The van der Waals surface area contributed by atoms with Gasteiger partial charge in [-0.25, -0.2) is 4.98 Å². The Bertz CT molecular complexity index is 621. The van der Waals surface area contributed by atoms with E-state index in [0.29, 0.717) is 16.0 Å². The normalized spacial score (nSPS) is 16.6. The van der Waals surface area contributed by atoms with Gasteiger partial charge in [0.05, 0.1) is 22.1 Å². The quantitative estimate of drug-likeness (QED) is 0.789. The lowest BCUT2D eigenvalue weighted by Crippen LogP contribution is -2.27. The Hall–Kier alpha value is -0.550. The van der Waals surface area contributed by atoms with Crippen LogP contribution >= 0.6 is 39.1 Å². The summed E-state index contributed by atoms with van der Waals surface area (Å²) in [5.41, 5.74) is 2.08. The molecule has 0 unspecified atom stereocenters. The second kappa shape index (κ2) is 6.06. The zero-order chi connectivity index (χ0) is 14.1. The predicted molar refractivity (Wildman–Crippen MR) is 86.1 cm³/mol. The molecule has 0 aliphatic carbocycles. The molecule has 1 aromatic heterocycles. The van der Waals surface area contributed by atoms with Gasteiger partial charge in [-0.3, -0.25) is 0 Å². The van der Waals surface area contributed by atoms with Gasteiger partial charge < -0.3 is 9.88 Å². The summed E-state index contributed by atoms with van der Waals surface area (Å²) in [5, 5.41) is 4.47. The molecule has 3 nitrogen and oxygen atoms in total. The van der Waals surface area contributed by atoms with Gasteiger partial charge in [0.2, 0.25) is 0 Å². The van der Waals surface area contributed by atoms with Crippen molar-refractivity contribution >= 4 is 39.1 Å². The summed E-state index contributed by atoms with van der Waals surface area (Å²) >= 11 is 16.0. The lowest BCUT2D eigenvalue weighted by molar-refractivity contribution is 0.449. The number of nitrogens with zero attached hydrogens (tertiary/aromatic N) is 2. The van der Waals surface area contributed by atoms with Gasteiger partial charge in [-0.05, 0) is 54.0 Å². The molecule has 3 rings (SSSR count). The summed E-state index contributed by atoms with van der Waals surface area (Å²) in [6, 6.07) is 3.88. The lowest BCUT2D eigenvalue weighted by atomic mass is 9.95. The molecular weight excluding hydrogens is 361 g/mol. The van der Waals surface area contributed by atoms with Crippen LogP contribution in [-0.2, 0) is 0 Å². The number of imidazole rings is 1. The van der Waals surface area contributed by atoms with Gasteiger partial charge >= 0.3 is 0 Å². The zero-order valence-corrected chi connectivity index (χ0v) is 13.8. The first kappa shape index (κ1) is 14.4. The van der Waals surface area contributed by atoms with E-state index in [1.807, 2.05) is 24.7 Å². The van der Waals surface area contributed by atoms with Crippen molar-refractivity contribution in [2.75, 3.05) is 13.1 Å². The Kier molecular flexibility index (Phi) is 4.36. The summed E-state index contributed by atoms with van der Waals surface area (Å²) in [5.74, 6) is 0.511. The van der Waals surface area contributed by atoms with E-state index >= 15 is 0 Å². The molecule has 20 heavy (non-hydrogen) atoms. The highest BCUT2D eigenvalue weighted by Gasteiger charge is 2.21. The molecule has 0 atom stereocenters. The van der Waals surface area contributed by atoms with Crippen LogP contribution in [0.15, 0.2) is 29.1 Å². The van der Waals surface area contributed by atoms with E-state index in [0.717, 1.165) is 36.1 Å². The Morgan fingerprint density at radius 2 is 1.95 bits per heavy atom. The fraction of sp³-hybridized carbons (Fsp3) is 0.357. The second-order valence-corrected chi connectivity index (χ2v) is 6.52. The summed E-state index contributed by atoms with van der Waals surface area (Å²) in [7, 11) is 0. The Balaban J connectivity index is 2.03. The molecule has 6 heteroatoms. The Morgan fingerprint density at radius 3 is 2.70 bits per heavy atom. The molecule has 106 valence electrons. The lowest BCUT2D eigenvalue weighted by Gasteiger charge is -2.24. The van der Waals surface area contributed by atoms with Crippen LogP contribution in [0.3, 0.4) is 0 Å². The van der Waals surface area contributed by atoms with Crippen LogP contribution in [0, 0.1) is 0 Å². The number of rotatable bonds is 2. The molecule has 1 N–H and O–H groups in total. The molecule has 1 aliphatic heterocycles. The number of benzene rings is 1. The summed E-state index contributed by atoms with van der Waals surface area (Å²) < 4.78 is 2.85. The summed E-state index contributed by atoms with van der Waals surface area (Å²) in [6.45, 7) is 2.09. The van der Waals surface area contributed by atoms with E-state index in [1.165, 1.54) is 5.69 Å². The number of hydrogen-bond acceptors (Lipinski definition) is 2. The minimum atomic E-state index is 0.511. The highest BCUT2D eigenvalue weighted by molar-refractivity contribution is 9.10. The summed E-state index contributed by atoms with van der Waals surface area (Å²) in [4.78, 5) is 4.30. The van der Waals surface area contributed by atoms with Crippen LogP contribution in [-0.4, -0.2) is 22.6 Å². The maximum Gasteiger partial charge on any atom is 0.0994 e. The van der Waals surface area contributed by atoms with Crippen molar-refractivity contribution in [3.8, 4) is 5.69 Å². The Morgan fingerprint density at radius 1 is 1.20 bits per heavy atom. The van der Waals surface area contributed by atoms with E-state index in [1.54, 1.807) is 0 Å². The molecule has 1 fully saturated rings. The van der Waals surface area contributed by atoms with Gasteiger partial charge in [-0.2, -0.15) is 0 Å². The number of halogens is 3. The molecule has 1 aromatic carbocycles. The van der Waals surface area contributed by atoms with Crippen molar-refractivity contribution in [1.29, 1.82) is 0 Å². The first-order valence-corrected chi connectivity index (χ1v) is 8.10. The van der Waals surface area contributed by atoms with Crippen molar-refractivity contribution in [2.24, 2.45) is 0 Å². The number of hydrogen-bond donors (Lipinski definition) is 1. The first-order valence-electron chi connectivity index (χ1n) is 6.55. The van der Waals surface area contributed by atoms with Crippen LogP contribution in [0.1, 0.15) is 24.5 Å². The monoisotopic (exact) mass is 373 g/mol. The molecule has 1 saturated heterocycles. The molecule has 2 aromatic rings. The second-order valence-electron chi connectivity index (χ2n) is 4.91. The number of nitrogens with one attached hydrogen (secondary N) is 1. The van der Waals surface area contributed by atoms with Crippen molar-refractivity contribution < 1.29 is 0 Å². The third kappa shape index (κ3) is 2.62. The maximum absolute atomic E-state index is 6.38. The topological polar surface area (TPSA) is 29.9 Å². The van der Waals surface area contributed by atoms with E-state index in [4.69, 9.17) is 23.2 Å². The minimum absolute atomic E-state index is 0.511. The van der Waals surface area contributed by atoms with Crippen molar-refractivity contribution in [1.82, 2.24) is 14.9 Å². The van der Waals surface area contributed by atoms with Gasteiger partial charge in [-0.15, -0.1) is 0 Å². The zero-order valence-electron chi connectivity index (χ0n) is 10.7. The van der Waals surface area contributed by atoms with Crippen LogP contribution in [0.4, 0.5) is 0 Å². The standard InChI is InChI=1S/C14H14BrCl2N3/c15-10-1-2-11(14(17)13(10)16)20-8-19-7-12(20)9-3-5-18-6-4-9/h1-2,7-9,18H,3-6H2. The first-order chi connectivity index (χ1) is 9.68. The van der Waals surface area contributed by atoms with E-state index in [9.17, 15) is 0 Å². The highest BCUT2D eigenvalue weighted by Crippen LogP contribution is 2.36. The largest absolute Gasteiger partial charge is 0.317 e. The van der Waals surface area contributed by atoms with Crippen LogP contribution < -0.4 is 5.32 Å². The van der Waals surface area contributed by atoms with Crippen LogP contribution in [0.5, 0.6) is 0 Å². The van der Waals surface area contributed by atoms with Gasteiger partial charge in [0.25, 0.3) is 0 Å². The predicted octanol–water partition coefficient (Wildman–Crippen LogP) is 4.41. The fourth-order valence-electron chi connectivity index (χ4n) is 2.63. The highest BCUT2D eigenvalue weighted by atomic mass is 79.9. The van der Waals surface area contributed by atoms with Crippen molar-refractivity contribution in [3.05, 3.63) is 44.9 Å². The average molecular weight is 375 g/mol. The molecule has 2 heterocycles. The molecule has 1 aliphatic rings. The third-order valence-electron chi connectivity index (χ3n) is 3.70. The van der Waals surface area contributed by atoms with Gasteiger partial charge in [-0.1, -0.05) is 23.2 Å². The van der Waals surface area contributed by atoms with Gasteiger partial charge in [0, 0.05) is 22.3 Å². The third-order valence-corrected chi connectivity index (χ3v) is 5.46. The van der Waals surface area contributed by atoms with E-state index < -0.39 is 0 Å². The number of aromatic nitrogens is 2. The molecule has 0 spiro atoms.